The SMILES string of the molecule is CN=C(NCc1cc(OC)c(OC)c(OC)c1)NCc1ccc(C)cc1C.I. The smallest absolute Gasteiger partial charge is 0.203 e. The zero-order valence-corrected chi connectivity index (χ0v) is 19.7. The third kappa shape index (κ3) is 6.19. The summed E-state index contributed by atoms with van der Waals surface area (Å²) in [5.41, 5.74) is 4.78. The van der Waals surface area contributed by atoms with E-state index in [2.05, 4.69) is 47.7 Å². The zero-order valence-electron chi connectivity index (χ0n) is 17.4. The number of aryl methyl sites for hydroxylation is 2. The second kappa shape index (κ2) is 11.6. The molecule has 0 atom stereocenters. The Morgan fingerprint density at radius 2 is 1.50 bits per heavy atom. The molecule has 0 unspecified atom stereocenters. The first kappa shape index (κ1) is 23.9. The van der Waals surface area contributed by atoms with E-state index < -0.39 is 0 Å². The van der Waals surface area contributed by atoms with Crippen molar-refractivity contribution in [2.45, 2.75) is 26.9 Å². The summed E-state index contributed by atoms with van der Waals surface area (Å²) in [7, 11) is 6.57. The van der Waals surface area contributed by atoms with Crippen molar-refractivity contribution in [3.8, 4) is 17.2 Å². The molecular formula is C21H30IN3O3. The molecule has 0 bridgehead atoms. The zero-order chi connectivity index (χ0) is 19.8. The predicted molar refractivity (Wildman–Crippen MR) is 124 cm³/mol. The summed E-state index contributed by atoms with van der Waals surface area (Å²) in [5, 5.41) is 6.66. The molecule has 0 amide bonds. The highest BCUT2D eigenvalue weighted by Crippen LogP contribution is 2.38. The lowest BCUT2D eigenvalue weighted by molar-refractivity contribution is 0.323. The molecule has 2 aromatic carbocycles. The number of hydrogen-bond donors (Lipinski definition) is 2. The summed E-state index contributed by atoms with van der Waals surface area (Å²) in [6.07, 6.45) is 0. The van der Waals surface area contributed by atoms with E-state index in [1.807, 2.05) is 12.1 Å². The van der Waals surface area contributed by atoms with Crippen LogP contribution in [0.4, 0.5) is 0 Å². The Bertz CT molecular complexity index is 784. The standard InChI is InChI=1S/C21H29N3O3.HI/c1-14-7-8-17(15(2)9-14)13-24-21(22-3)23-12-16-10-18(25-4)20(27-6)19(11-16)26-5;/h7-11H,12-13H2,1-6H3,(H2,22,23,24);1H. The minimum Gasteiger partial charge on any atom is -0.493 e. The van der Waals surface area contributed by atoms with Crippen LogP contribution in [0.2, 0.25) is 0 Å². The monoisotopic (exact) mass is 499 g/mol. The largest absolute Gasteiger partial charge is 0.493 e. The van der Waals surface area contributed by atoms with Crippen molar-refractivity contribution in [3.05, 3.63) is 52.6 Å². The molecule has 0 aromatic heterocycles. The van der Waals surface area contributed by atoms with Crippen LogP contribution in [0.15, 0.2) is 35.3 Å². The fraction of sp³-hybridized carbons (Fsp3) is 0.381. The fourth-order valence-electron chi connectivity index (χ4n) is 2.87. The van der Waals surface area contributed by atoms with Gasteiger partial charge in [-0.25, -0.2) is 0 Å². The summed E-state index contributed by atoms with van der Waals surface area (Å²) in [4.78, 5) is 4.29. The van der Waals surface area contributed by atoms with E-state index in [1.54, 1.807) is 28.4 Å². The maximum atomic E-state index is 5.40. The van der Waals surface area contributed by atoms with E-state index in [1.165, 1.54) is 16.7 Å². The highest BCUT2D eigenvalue weighted by molar-refractivity contribution is 14.0. The topological polar surface area (TPSA) is 64.1 Å². The van der Waals surface area contributed by atoms with Crippen LogP contribution in [0.5, 0.6) is 17.2 Å². The molecule has 0 fully saturated rings. The van der Waals surface area contributed by atoms with Crippen LogP contribution in [0.1, 0.15) is 22.3 Å². The first-order valence-corrected chi connectivity index (χ1v) is 8.81. The van der Waals surface area contributed by atoms with Crippen molar-refractivity contribution in [1.29, 1.82) is 0 Å². The number of halogens is 1. The number of aliphatic imine (C=N–C) groups is 1. The number of guanidine groups is 1. The number of rotatable bonds is 7. The van der Waals surface area contributed by atoms with E-state index in [4.69, 9.17) is 14.2 Å². The molecule has 0 aliphatic rings. The summed E-state index contributed by atoms with van der Waals surface area (Å²) >= 11 is 0. The van der Waals surface area contributed by atoms with Crippen LogP contribution in [0, 0.1) is 13.8 Å². The van der Waals surface area contributed by atoms with E-state index in [0.29, 0.717) is 30.3 Å². The first-order valence-electron chi connectivity index (χ1n) is 8.81. The Morgan fingerprint density at radius 1 is 0.893 bits per heavy atom. The van der Waals surface area contributed by atoms with Gasteiger partial charge in [0, 0.05) is 20.1 Å². The number of methoxy groups -OCH3 is 3. The summed E-state index contributed by atoms with van der Waals surface area (Å²) < 4.78 is 16.2. The summed E-state index contributed by atoms with van der Waals surface area (Å²) in [5.74, 6) is 2.57. The van der Waals surface area contributed by atoms with E-state index in [9.17, 15) is 0 Å². The van der Waals surface area contributed by atoms with Gasteiger partial charge in [-0.3, -0.25) is 4.99 Å². The van der Waals surface area contributed by atoms with Crippen molar-refractivity contribution in [2.75, 3.05) is 28.4 Å². The Balaban J connectivity index is 0.00000392. The van der Waals surface area contributed by atoms with Gasteiger partial charge in [0.05, 0.1) is 21.3 Å². The van der Waals surface area contributed by atoms with Gasteiger partial charge in [0.15, 0.2) is 17.5 Å². The maximum absolute atomic E-state index is 5.40. The third-order valence-corrected chi connectivity index (χ3v) is 4.35. The van der Waals surface area contributed by atoms with Crippen molar-refractivity contribution < 1.29 is 14.2 Å². The molecule has 0 aliphatic heterocycles. The second-order valence-corrected chi connectivity index (χ2v) is 6.24. The minimum absolute atomic E-state index is 0. The van der Waals surface area contributed by atoms with Crippen molar-refractivity contribution in [3.63, 3.8) is 0 Å². The molecule has 0 radical (unpaired) electrons. The van der Waals surface area contributed by atoms with E-state index >= 15 is 0 Å². The third-order valence-electron chi connectivity index (χ3n) is 4.35. The van der Waals surface area contributed by atoms with Crippen molar-refractivity contribution in [1.82, 2.24) is 10.6 Å². The molecule has 154 valence electrons. The molecule has 6 nitrogen and oxygen atoms in total. The van der Waals surface area contributed by atoms with Gasteiger partial charge in [0.25, 0.3) is 0 Å². The molecule has 2 N–H and O–H groups in total. The highest BCUT2D eigenvalue weighted by Gasteiger charge is 2.13. The van der Waals surface area contributed by atoms with Gasteiger partial charge in [-0.05, 0) is 42.7 Å². The molecule has 0 aliphatic carbocycles. The molecule has 28 heavy (non-hydrogen) atoms. The van der Waals surface area contributed by atoms with Gasteiger partial charge in [0.1, 0.15) is 0 Å². The van der Waals surface area contributed by atoms with Gasteiger partial charge >= 0.3 is 0 Å². The van der Waals surface area contributed by atoms with Crippen molar-refractivity contribution in [2.24, 2.45) is 4.99 Å². The van der Waals surface area contributed by atoms with Gasteiger partial charge in [-0.1, -0.05) is 23.8 Å². The molecular weight excluding hydrogens is 469 g/mol. The van der Waals surface area contributed by atoms with Crippen LogP contribution >= 0.6 is 24.0 Å². The normalized spacial score (nSPS) is 10.7. The predicted octanol–water partition coefficient (Wildman–Crippen LogP) is 3.81. The molecule has 2 rings (SSSR count). The van der Waals surface area contributed by atoms with E-state index in [-0.39, 0.29) is 24.0 Å². The quantitative estimate of drug-likeness (QED) is 0.345. The van der Waals surface area contributed by atoms with Gasteiger partial charge < -0.3 is 24.8 Å². The average molecular weight is 499 g/mol. The van der Waals surface area contributed by atoms with Crippen LogP contribution in [0.3, 0.4) is 0 Å². The lowest BCUT2D eigenvalue weighted by atomic mass is 10.1. The van der Waals surface area contributed by atoms with Crippen LogP contribution in [-0.4, -0.2) is 34.3 Å². The van der Waals surface area contributed by atoms with Gasteiger partial charge in [-0.2, -0.15) is 0 Å². The van der Waals surface area contributed by atoms with Crippen LogP contribution < -0.4 is 24.8 Å². The molecule has 0 saturated heterocycles. The minimum atomic E-state index is 0. The Kier molecular flexibility index (Phi) is 9.92. The van der Waals surface area contributed by atoms with Gasteiger partial charge in [0.2, 0.25) is 5.75 Å². The first-order chi connectivity index (χ1) is 13.0. The van der Waals surface area contributed by atoms with Crippen molar-refractivity contribution >= 4 is 29.9 Å². The van der Waals surface area contributed by atoms with Gasteiger partial charge in [-0.15, -0.1) is 24.0 Å². The number of ether oxygens (including phenoxy) is 3. The number of nitrogens with zero attached hydrogens (tertiary/aromatic N) is 1. The molecule has 0 spiro atoms. The summed E-state index contributed by atoms with van der Waals surface area (Å²) in [6, 6.07) is 10.3. The maximum Gasteiger partial charge on any atom is 0.203 e. The fourth-order valence-corrected chi connectivity index (χ4v) is 2.87. The van der Waals surface area contributed by atoms with Crippen LogP contribution in [0.25, 0.3) is 0 Å². The lowest BCUT2D eigenvalue weighted by Crippen LogP contribution is -2.36. The summed E-state index contributed by atoms with van der Waals surface area (Å²) in [6.45, 7) is 5.50. The molecule has 0 saturated carbocycles. The molecule has 0 heterocycles. The Hall–Kier alpha value is -2.16. The highest BCUT2D eigenvalue weighted by atomic mass is 127. The molecule has 7 heteroatoms. The number of hydrogen-bond acceptors (Lipinski definition) is 4. The number of nitrogens with one attached hydrogen (secondary N) is 2. The number of benzene rings is 2. The second-order valence-electron chi connectivity index (χ2n) is 6.24. The average Bonchev–Trinajstić information content (AvgIpc) is 2.68. The Labute approximate surface area is 184 Å². The molecule has 2 aromatic rings. The van der Waals surface area contributed by atoms with E-state index in [0.717, 1.165) is 11.5 Å². The lowest BCUT2D eigenvalue weighted by Gasteiger charge is -2.16. The van der Waals surface area contributed by atoms with Crippen LogP contribution in [-0.2, 0) is 13.1 Å². The Morgan fingerprint density at radius 3 is 2.00 bits per heavy atom.